The molecular weight excluding hydrogens is 374 g/mol. The molecule has 0 spiro atoms. The van der Waals surface area contributed by atoms with Crippen LogP contribution in [0.15, 0.2) is 48.5 Å². The topological polar surface area (TPSA) is 54.0 Å². The first-order valence-corrected chi connectivity index (χ1v) is 9.58. The molecule has 1 heterocycles. The van der Waals surface area contributed by atoms with Gasteiger partial charge < -0.3 is 24.6 Å². The van der Waals surface area contributed by atoms with E-state index in [1.54, 1.807) is 19.2 Å². The molecule has 0 saturated carbocycles. The van der Waals surface area contributed by atoms with Gasteiger partial charge in [-0.05, 0) is 55.5 Å². The number of methoxy groups -OCH3 is 2. The lowest BCUT2D eigenvalue weighted by molar-refractivity contribution is 0.0602. The predicted octanol–water partition coefficient (Wildman–Crippen LogP) is 3.39. The van der Waals surface area contributed by atoms with Crippen LogP contribution in [0.5, 0.6) is 5.75 Å². The van der Waals surface area contributed by atoms with Gasteiger partial charge in [0.25, 0.3) is 0 Å². The maximum absolute atomic E-state index is 12.0. The molecule has 1 atom stereocenters. The molecule has 148 valence electrons. The molecule has 0 aliphatic carbocycles. The van der Waals surface area contributed by atoms with E-state index in [-0.39, 0.29) is 12.0 Å². The molecule has 0 aromatic heterocycles. The van der Waals surface area contributed by atoms with E-state index in [0.29, 0.717) is 16.4 Å². The number of carbonyl (C=O) groups is 1. The maximum atomic E-state index is 12.0. The third-order valence-electron chi connectivity index (χ3n) is 4.89. The predicted molar refractivity (Wildman–Crippen MR) is 115 cm³/mol. The van der Waals surface area contributed by atoms with E-state index in [4.69, 9.17) is 21.7 Å². The van der Waals surface area contributed by atoms with E-state index in [0.717, 1.165) is 25.4 Å². The lowest BCUT2D eigenvalue weighted by atomic mass is 10.1. The first-order chi connectivity index (χ1) is 13.5. The van der Waals surface area contributed by atoms with Gasteiger partial charge in [0.2, 0.25) is 0 Å². The highest BCUT2D eigenvalue weighted by Gasteiger charge is 2.26. The zero-order valence-electron chi connectivity index (χ0n) is 16.3. The number of hydrogen-bond acceptors (Lipinski definition) is 5. The fraction of sp³-hybridized carbons (Fsp3) is 0.333. The molecule has 1 aliphatic heterocycles. The second kappa shape index (κ2) is 8.93. The summed E-state index contributed by atoms with van der Waals surface area (Å²) in [6, 6.07) is 15.6. The highest BCUT2D eigenvalue weighted by Crippen LogP contribution is 2.24. The SMILES string of the molecule is COC(=O)c1ccccc1NC(=S)N1CCN(c2ccc(OC)cc2)C(C)C1. The Morgan fingerprint density at radius 3 is 2.46 bits per heavy atom. The summed E-state index contributed by atoms with van der Waals surface area (Å²) in [5.41, 5.74) is 2.30. The molecule has 1 fully saturated rings. The second-order valence-corrected chi connectivity index (χ2v) is 7.04. The van der Waals surface area contributed by atoms with Gasteiger partial charge in [-0.25, -0.2) is 4.79 Å². The molecule has 0 bridgehead atoms. The summed E-state index contributed by atoms with van der Waals surface area (Å²) in [5.74, 6) is 0.466. The highest BCUT2D eigenvalue weighted by atomic mass is 32.1. The number of ether oxygens (including phenoxy) is 2. The van der Waals surface area contributed by atoms with E-state index < -0.39 is 0 Å². The Morgan fingerprint density at radius 1 is 1.11 bits per heavy atom. The van der Waals surface area contributed by atoms with Gasteiger partial charge in [0.05, 0.1) is 25.5 Å². The molecule has 2 aromatic rings. The van der Waals surface area contributed by atoms with Gasteiger partial charge in [0, 0.05) is 31.4 Å². The van der Waals surface area contributed by atoms with Crippen LogP contribution in [-0.4, -0.2) is 55.9 Å². The fourth-order valence-electron chi connectivity index (χ4n) is 3.37. The number of anilines is 2. The monoisotopic (exact) mass is 399 g/mol. The lowest BCUT2D eigenvalue weighted by Gasteiger charge is -2.42. The summed E-state index contributed by atoms with van der Waals surface area (Å²) in [6.07, 6.45) is 0. The van der Waals surface area contributed by atoms with Crippen LogP contribution >= 0.6 is 12.2 Å². The van der Waals surface area contributed by atoms with Crippen molar-refractivity contribution < 1.29 is 14.3 Å². The van der Waals surface area contributed by atoms with Crippen LogP contribution in [0.3, 0.4) is 0 Å². The Balaban J connectivity index is 1.65. The number of nitrogens with one attached hydrogen (secondary N) is 1. The number of hydrogen-bond donors (Lipinski definition) is 1. The molecule has 0 amide bonds. The summed E-state index contributed by atoms with van der Waals surface area (Å²) < 4.78 is 10.1. The summed E-state index contributed by atoms with van der Waals surface area (Å²) in [6.45, 7) is 4.62. The Morgan fingerprint density at radius 2 is 1.82 bits per heavy atom. The summed E-state index contributed by atoms with van der Waals surface area (Å²) in [7, 11) is 3.04. The Hall–Kier alpha value is -2.80. The molecule has 2 aromatic carbocycles. The zero-order chi connectivity index (χ0) is 20.1. The van der Waals surface area contributed by atoms with Crippen LogP contribution in [0.1, 0.15) is 17.3 Å². The van der Waals surface area contributed by atoms with E-state index in [1.165, 1.54) is 12.8 Å². The number of benzene rings is 2. The largest absolute Gasteiger partial charge is 0.497 e. The highest BCUT2D eigenvalue weighted by molar-refractivity contribution is 7.80. The zero-order valence-corrected chi connectivity index (χ0v) is 17.2. The van der Waals surface area contributed by atoms with Gasteiger partial charge in [0.1, 0.15) is 5.75 Å². The van der Waals surface area contributed by atoms with Gasteiger partial charge in [-0.1, -0.05) is 12.1 Å². The van der Waals surface area contributed by atoms with Crippen molar-refractivity contribution in [2.24, 2.45) is 0 Å². The number of nitrogens with zero attached hydrogens (tertiary/aromatic N) is 2. The Labute approximate surface area is 171 Å². The van der Waals surface area contributed by atoms with Crippen molar-refractivity contribution in [2.75, 3.05) is 44.1 Å². The third kappa shape index (κ3) is 4.36. The minimum absolute atomic E-state index is 0.290. The number of para-hydroxylation sites is 1. The van der Waals surface area contributed by atoms with Crippen LogP contribution in [0, 0.1) is 0 Å². The lowest BCUT2D eigenvalue weighted by Crippen LogP contribution is -2.54. The fourth-order valence-corrected chi connectivity index (χ4v) is 3.65. The van der Waals surface area contributed by atoms with Crippen LogP contribution in [0.25, 0.3) is 0 Å². The number of esters is 1. The first-order valence-electron chi connectivity index (χ1n) is 9.17. The van der Waals surface area contributed by atoms with Crippen LogP contribution < -0.4 is 15.0 Å². The molecule has 1 saturated heterocycles. The minimum Gasteiger partial charge on any atom is -0.497 e. The van der Waals surface area contributed by atoms with Gasteiger partial charge in [-0.15, -0.1) is 0 Å². The molecule has 1 N–H and O–H groups in total. The average molecular weight is 400 g/mol. The Kier molecular flexibility index (Phi) is 6.36. The molecule has 1 aliphatic rings. The van der Waals surface area contributed by atoms with Crippen LogP contribution in [-0.2, 0) is 4.74 Å². The molecule has 6 nitrogen and oxygen atoms in total. The molecule has 7 heteroatoms. The maximum Gasteiger partial charge on any atom is 0.339 e. The molecule has 3 rings (SSSR count). The number of carbonyl (C=O) groups excluding carboxylic acids is 1. The van der Waals surface area contributed by atoms with Gasteiger partial charge >= 0.3 is 5.97 Å². The van der Waals surface area contributed by atoms with Crippen molar-refractivity contribution in [1.29, 1.82) is 0 Å². The summed E-state index contributed by atoms with van der Waals surface area (Å²) in [5, 5.41) is 3.82. The average Bonchev–Trinajstić information content (AvgIpc) is 2.73. The molecule has 28 heavy (non-hydrogen) atoms. The number of rotatable bonds is 4. The van der Waals surface area contributed by atoms with Gasteiger partial charge in [-0.3, -0.25) is 0 Å². The summed E-state index contributed by atoms with van der Waals surface area (Å²) in [4.78, 5) is 16.5. The Bertz CT molecular complexity index is 841. The normalized spacial score (nSPS) is 16.5. The van der Waals surface area contributed by atoms with Gasteiger partial charge in [0.15, 0.2) is 5.11 Å². The van der Waals surface area contributed by atoms with Crippen molar-refractivity contribution in [3.8, 4) is 5.75 Å². The molecule has 1 unspecified atom stereocenters. The van der Waals surface area contributed by atoms with E-state index in [1.807, 2.05) is 24.3 Å². The minimum atomic E-state index is -0.386. The van der Waals surface area contributed by atoms with E-state index >= 15 is 0 Å². The van der Waals surface area contributed by atoms with Crippen molar-refractivity contribution in [3.63, 3.8) is 0 Å². The van der Waals surface area contributed by atoms with E-state index in [2.05, 4.69) is 34.2 Å². The first kappa shape index (κ1) is 19.9. The standard InChI is InChI=1S/C21H25N3O3S/c1-15-14-23(12-13-24(15)16-8-10-17(26-2)11-9-16)21(28)22-19-7-5-4-6-18(19)20(25)27-3/h4-11,15H,12-14H2,1-3H3,(H,22,28). The smallest absolute Gasteiger partial charge is 0.339 e. The van der Waals surface area contributed by atoms with Crippen LogP contribution in [0.4, 0.5) is 11.4 Å². The number of piperazine rings is 1. The van der Waals surface area contributed by atoms with Crippen molar-refractivity contribution in [3.05, 3.63) is 54.1 Å². The van der Waals surface area contributed by atoms with Crippen LogP contribution in [0.2, 0.25) is 0 Å². The van der Waals surface area contributed by atoms with Gasteiger partial charge in [-0.2, -0.15) is 0 Å². The van der Waals surface area contributed by atoms with Crippen molar-refractivity contribution >= 4 is 34.7 Å². The van der Waals surface area contributed by atoms with E-state index in [9.17, 15) is 4.79 Å². The van der Waals surface area contributed by atoms with Crippen molar-refractivity contribution in [1.82, 2.24) is 4.90 Å². The molecule has 0 radical (unpaired) electrons. The molecular formula is C21H25N3O3S. The quantitative estimate of drug-likeness (QED) is 0.625. The van der Waals surface area contributed by atoms with Crippen molar-refractivity contribution in [2.45, 2.75) is 13.0 Å². The third-order valence-corrected chi connectivity index (χ3v) is 5.25. The number of thiocarbonyl (C=S) groups is 1. The summed E-state index contributed by atoms with van der Waals surface area (Å²) >= 11 is 5.61. The second-order valence-electron chi connectivity index (χ2n) is 6.65.